The van der Waals surface area contributed by atoms with Crippen LogP contribution in [0.25, 0.3) is 0 Å². The lowest BCUT2D eigenvalue weighted by atomic mass is 10.3. The van der Waals surface area contributed by atoms with Crippen LogP contribution in [0.2, 0.25) is 0 Å². The van der Waals surface area contributed by atoms with E-state index >= 15 is 0 Å². The Balaban J connectivity index is 2.94. The molecule has 0 bridgehead atoms. The van der Waals surface area contributed by atoms with Crippen molar-refractivity contribution in [1.82, 2.24) is 5.32 Å². The van der Waals surface area contributed by atoms with Gasteiger partial charge in [-0.1, -0.05) is 25.5 Å². The monoisotopic (exact) mass is 125 g/mol. The Bertz CT molecular complexity index is 84.6. The Morgan fingerprint density at radius 3 is 2.89 bits per heavy atom. The first-order valence-corrected chi connectivity index (χ1v) is 3.41. The van der Waals surface area contributed by atoms with E-state index in [2.05, 4.69) is 24.9 Å². The van der Waals surface area contributed by atoms with Gasteiger partial charge in [-0.15, -0.1) is 6.58 Å². The zero-order valence-corrected chi connectivity index (χ0v) is 6.06. The molecule has 52 valence electrons. The first-order chi connectivity index (χ1) is 4.41. The third kappa shape index (κ3) is 7.28. The Morgan fingerprint density at radius 1 is 1.56 bits per heavy atom. The van der Waals surface area contributed by atoms with Crippen LogP contribution in [0.1, 0.15) is 19.8 Å². The molecule has 9 heavy (non-hydrogen) atoms. The number of hydrogen-bond donors (Lipinski definition) is 1. The number of hydrogen-bond acceptors (Lipinski definition) is 1. The Labute approximate surface area is 57.5 Å². The molecule has 0 heterocycles. The molecule has 1 heteroatoms. The summed E-state index contributed by atoms with van der Waals surface area (Å²) in [5, 5.41) is 3.07. The van der Waals surface area contributed by atoms with Crippen molar-refractivity contribution in [1.29, 1.82) is 0 Å². The van der Waals surface area contributed by atoms with Crippen LogP contribution in [0.4, 0.5) is 0 Å². The van der Waals surface area contributed by atoms with E-state index in [1.807, 2.05) is 12.3 Å². The van der Waals surface area contributed by atoms with Crippen molar-refractivity contribution in [3.8, 4) is 0 Å². The number of allylic oxidation sites excluding steroid dienone is 1. The molecule has 0 aromatic rings. The highest BCUT2D eigenvalue weighted by Gasteiger charge is 1.70. The Morgan fingerprint density at radius 2 is 2.33 bits per heavy atom. The van der Waals surface area contributed by atoms with Crippen molar-refractivity contribution in [3.05, 3.63) is 24.9 Å². The van der Waals surface area contributed by atoms with Gasteiger partial charge in [-0.3, -0.25) is 0 Å². The van der Waals surface area contributed by atoms with Crippen molar-refractivity contribution < 1.29 is 0 Å². The summed E-state index contributed by atoms with van der Waals surface area (Å²) in [6.07, 6.45) is 8.32. The zero-order valence-electron chi connectivity index (χ0n) is 6.06. The van der Waals surface area contributed by atoms with Crippen LogP contribution in [-0.2, 0) is 0 Å². The molecule has 0 saturated heterocycles. The maximum atomic E-state index is 3.58. The average molecular weight is 125 g/mol. The van der Waals surface area contributed by atoms with Gasteiger partial charge in [-0.05, 0) is 12.6 Å². The summed E-state index contributed by atoms with van der Waals surface area (Å²) in [7, 11) is 0. The quantitative estimate of drug-likeness (QED) is 0.438. The second-order valence-electron chi connectivity index (χ2n) is 1.89. The Hall–Kier alpha value is -0.720. The number of nitrogens with one attached hydrogen (secondary N) is 1. The average Bonchev–Trinajstić information content (AvgIpc) is 1.89. The van der Waals surface area contributed by atoms with Crippen LogP contribution in [0, 0.1) is 0 Å². The minimum absolute atomic E-state index is 0.861. The minimum Gasteiger partial charge on any atom is -0.388 e. The van der Waals surface area contributed by atoms with E-state index in [0.717, 1.165) is 13.0 Å². The van der Waals surface area contributed by atoms with Gasteiger partial charge in [0.2, 0.25) is 0 Å². The van der Waals surface area contributed by atoms with Crippen LogP contribution < -0.4 is 5.32 Å². The molecule has 0 unspecified atom stereocenters. The van der Waals surface area contributed by atoms with Gasteiger partial charge < -0.3 is 5.32 Å². The lowest BCUT2D eigenvalue weighted by Gasteiger charge is -1.90. The normalized spacial score (nSPS) is 9.89. The molecular weight excluding hydrogens is 110 g/mol. The van der Waals surface area contributed by atoms with Gasteiger partial charge in [-0.25, -0.2) is 0 Å². The van der Waals surface area contributed by atoms with Crippen LogP contribution in [0.3, 0.4) is 0 Å². The SMILES string of the molecule is C=CCN/C=C/CCC. The van der Waals surface area contributed by atoms with Gasteiger partial charge >= 0.3 is 0 Å². The van der Waals surface area contributed by atoms with Crippen molar-refractivity contribution in [2.24, 2.45) is 0 Å². The second-order valence-corrected chi connectivity index (χ2v) is 1.89. The third-order valence-corrected chi connectivity index (χ3v) is 0.953. The molecule has 0 aliphatic heterocycles. The fourth-order valence-corrected chi connectivity index (χ4v) is 0.485. The summed E-state index contributed by atoms with van der Waals surface area (Å²) < 4.78 is 0. The maximum absolute atomic E-state index is 3.58. The molecule has 0 aliphatic carbocycles. The second kappa shape index (κ2) is 7.28. The smallest absolute Gasteiger partial charge is 0.0322 e. The number of unbranched alkanes of at least 4 members (excludes halogenated alkanes) is 1. The summed E-state index contributed by atoms with van der Waals surface area (Å²) in [6, 6.07) is 0. The predicted octanol–water partition coefficient (Wildman–Crippen LogP) is 2.08. The van der Waals surface area contributed by atoms with Crippen LogP contribution in [0.15, 0.2) is 24.9 Å². The summed E-state index contributed by atoms with van der Waals surface area (Å²) in [5.74, 6) is 0. The molecule has 0 atom stereocenters. The van der Waals surface area contributed by atoms with E-state index in [0.29, 0.717) is 0 Å². The molecule has 0 aliphatic rings. The van der Waals surface area contributed by atoms with Gasteiger partial charge in [0.15, 0.2) is 0 Å². The lowest BCUT2D eigenvalue weighted by molar-refractivity contribution is 0.924. The van der Waals surface area contributed by atoms with Crippen LogP contribution in [0.5, 0.6) is 0 Å². The van der Waals surface area contributed by atoms with E-state index in [1.54, 1.807) is 0 Å². The summed E-state index contributed by atoms with van der Waals surface area (Å²) >= 11 is 0. The maximum Gasteiger partial charge on any atom is 0.0322 e. The predicted molar refractivity (Wildman–Crippen MR) is 42.2 cm³/mol. The molecule has 0 radical (unpaired) electrons. The highest BCUT2D eigenvalue weighted by atomic mass is 14.8. The van der Waals surface area contributed by atoms with Crippen molar-refractivity contribution in [3.63, 3.8) is 0 Å². The van der Waals surface area contributed by atoms with E-state index in [4.69, 9.17) is 0 Å². The van der Waals surface area contributed by atoms with Gasteiger partial charge in [0, 0.05) is 6.54 Å². The van der Waals surface area contributed by atoms with Crippen molar-refractivity contribution in [2.45, 2.75) is 19.8 Å². The highest BCUT2D eigenvalue weighted by Crippen LogP contribution is 1.85. The fourth-order valence-electron chi connectivity index (χ4n) is 0.485. The van der Waals surface area contributed by atoms with Crippen molar-refractivity contribution in [2.75, 3.05) is 6.54 Å². The first kappa shape index (κ1) is 8.28. The van der Waals surface area contributed by atoms with E-state index in [-0.39, 0.29) is 0 Å². The summed E-state index contributed by atoms with van der Waals surface area (Å²) in [4.78, 5) is 0. The largest absolute Gasteiger partial charge is 0.388 e. The molecule has 1 nitrogen and oxygen atoms in total. The standard InChI is InChI=1S/C8H15N/c1-3-5-6-8-9-7-4-2/h4,6,8-9H,2-3,5,7H2,1H3/b8-6+. The van der Waals surface area contributed by atoms with E-state index in [9.17, 15) is 0 Å². The van der Waals surface area contributed by atoms with Gasteiger partial charge in [0.25, 0.3) is 0 Å². The molecule has 0 rings (SSSR count). The first-order valence-electron chi connectivity index (χ1n) is 3.41. The zero-order chi connectivity index (χ0) is 6.95. The van der Waals surface area contributed by atoms with Crippen LogP contribution in [-0.4, -0.2) is 6.54 Å². The minimum atomic E-state index is 0.861. The molecular formula is C8H15N. The van der Waals surface area contributed by atoms with Gasteiger partial charge in [-0.2, -0.15) is 0 Å². The topological polar surface area (TPSA) is 12.0 Å². The molecule has 0 aromatic heterocycles. The number of rotatable bonds is 5. The molecule has 1 N–H and O–H groups in total. The molecule has 0 amide bonds. The van der Waals surface area contributed by atoms with Crippen LogP contribution >= 0.6 is 0 Å². The molecule has 0 fully saturated rings. The third-order valence-electron chi connectivity index (χ3n) is 0.953. The highest BCUT2D eigenvalue weighted by molar-refractivity contribution is 4.82. The van der Waals surface area contributed by atoms with E-state index < -0.39 is 0 Å². The summed E-state index contributed by atoms with van der Waals surface area (Å²) in [6.45, 7) is 6.61. The molecule has 0 saturated carbocycles. The van der Waals surface area contributed by atoms with Crippen molar-refractivity contribution >= 4 is 0 Å². The van der Waals surface area contributed by atoms with Gasteiger partial charge in [0.1, 0.15) is 0 Å². The Kier molecular flexibility index (Phi) is 6.70. The van der Waals surface area contributed by atoms with E-state index in [1.165, 1.54) is 6.42 Å². The molecule has 0 aromatic carbocycles. The lowest BCUT2D eigenvalue weighted by Crippen LogP contribution is -2.02. The molecule has 0 spiro atoms. The summed E-state index contributed by atoms with van der Waals surface area (Å²) in [5.41, 5.74) is 0. The fraction of sp³-hybridized carbons (Fsp3) is 0.500. The van der Waals surface area contributed by atoms with Gasteiger partial charge in [0.05, 0.1) is 0 Å².